The second kappa shape index (κ2) is 8.79. The third-order valence-electron chi connectivity index (χ3n) is 5.92. The van der Waals surface area contributed by atoms with Gasteiger partial charge in [-0.05, 0) is 42.0 Å². The van der Waals surface area contributed by atoms with Gasteiger partial charge in [-0.1, -0.05) is 48.5 Å². The van der Waals surface area contributed by atoms with E-state index in [1.807, 2.05) is 55.5 Å². The first-order valence-electron chi connectivity index (χ1n) is 10.6. The third-order valence-corrected chi connectivity index (χ3v) is 5.92. The third kappa shape index (κ3) is 4.40. The zero-order valence-electron chi connectivity index (χ0n) is 17.4. The highest BCUT2D eigenvalue weighted by molar-refractivity contribution is 5.89. The highest BCUT2D eigenvalue weighted by Gasteiger charge is 2.37. The molecular weight excluding hydrogens is 396 g/mol. The molecule has 7 heteroatoms. The molecule has 2 amide bonds. The first-order valence-corrected chi connectivity index (χ1v) is 10.6. The Labute approximate surface area is 181 Å². The van der Waals surface area contributed by atoms with Crippen LogP contribution in [0.1, 0.15) is 43.2 Å². The molecule has 0 heterocycles. The van der Waals surface area contributed by atoms with E-state index in [2.05, 4.69) is 5.32 Å². The van der Waals surface area contributed by atoms with E-state index < -0.39 is 24.5 Å². The number of carbonyl (C=O) groups is 3. The summed E-state index contributed by atoms with van der Waals surface area (Å²) >= 11 is 0. The van der Waals surface area contributed by atoms with Gasteiger partial charge in [0.05, 0.1) is 6.42 Å². The molecule has 2 aromatic carbocycles. The lowest BCUT2D eigenvalue weighted by Crippen LogP contribution is -2.50. The molecule has 1 saturated carbocycles. The summed E-state index contributed by atoms with van der Waals surface area (Å²) in [6.45, 7) is 2.43. The predicted octanol–water partition coefficient (Wildman–Crippen LogP) is 3.38. The summed E-state index contributed by atoms with van der Waals surface area (Å²) in [5.41, 5.74) is 4.41. The van der Waals surface area contributed by atoms with Crippen LogP contribution in [-0.2, 0) is 14.3 Å². The first kappa shape index (κ1) is 20.9. The maximum absolute atomic E-state index is 12.8. The van der Waals surface area contributed by atoms with Crippen LogP contribution in [0.3, 0.4) is 0 Å². The molecule has 2 aliphatic carbocycles. The van der Waals surface area contributed by atoms with Crippen LogP contribution in [0.4, 0.5) is 4.79 Å². The maximum atomic E-state index is 12.8. The fraction of sp³-hybridized carbons (Fsp3) is 0.375. The van der Waals surface area contributed by atoms with E-state index in [0.717, 1.165) is 35.1 Å². The Balaban J connectivity index is 1.44. The highest BCUT2D eigenvalue weighted by Crippen LogP contribution is 2.44. The van der Waals surface area contributed by atoms with Gasteiger partial charge in [0.15, 0.2) is 0 Å². The topological polar surface area (TPSA) is 95.9 Å². The van der Waals surface area contributed by atoms with Gasteiger partial charge >= 0.3 is 12.1 Å². The number of hydrogen-bond donors (Lipinski definition) is 2. The molecule has 0 spiro atoms. The van der Waals surface area contributed by atoms with Crippen molar-refractivity contribution >= 4 is 18.0 Å². The molecule has 2 N–H and O–H groups in total. The molecule has 1 atom stereocenters. The van der Waals surface area contributed by atoms with Crippen LogP contribution in [0.25, 0.3) is 11.1 Å². The van der Waals surface area contributed by atoms with E-state index in [4.69, 9.17) is 4.74 Å². The van der Waals surface area contributed by atoms with Gasteiger partial charge in [-0.15, -0.1) is 0 Å². The molecular formula is C24H26N2O5. The van der Waals surface area contributed by atoms with Crippen molar-refractivity contribution in [3.8, 4) is 11.1 Å². The SMILES string of the molecule is CCN(C(=O)C(CC(=O)O)NC(=O)OCC1c2ccccc2-c2ccccc21)C1CC1. The Bertz CT molecular complexity index is 955. The average molecular weight is 422 g/mol. The average Bonchev–Trinajstić information content (AvgIpc) is 3.54. The molecule has 1 fully saturated rings. The van der Waals surface area contributed by atoms with Crippen LogP contribution in [0, 0.1) is 0 Å². The minimum Gasteiger partial charge on any atom is -0.481 e. The van der Waals surface area contributed by atoms with Gasteiger partial charge in [0.25, 0.3) is 0 Å². The van der Waals surface area contributed by atoms with Crippen LogP contribution in [0.5, 0.6) is 0 Å². The largest absolute Gasteiger partial charge is 0.481 e. The lowest BCUT2D eigenvalue weighted by atomic mass is 9.98. The molecule has 0 bridgehead atoms. The molecule has 0 aromatic heterocycles. The molecule has 0 saturated heterocycles. The van der Waals surface area contributed by atoms with Crippen LogP contribution in [-0.4, -0.2) is 53.2 Å². The zero-order valence-corrected chi connectivity index (χ0v) is 17.4. The second-order valence-corrected chi connectivity index (χ2v) is 7.98. The van der Waals surface area contributed by atoms with Crippen LogP contribution in [0.15, 0.2) is 48.5 Å². The minimum atomic E-state index is -1.15. The van der Waals surface area contributed by atoms with Crippen molar-refractivity contribution in [1.82, 2.24) is 10.2 Å². The summed E-state index contributed by atoms with van der Waals surface area (Å²) in [4.78, 5) is 38.2. The molecule has 0 radical (unpaired) electrons. The van der Waals surface area contributed by atoms with Gasteiger partial charge < -0.3 is 20.1 Å². The molecule has 2 aliphatic rings. The summed E-state index contributed by atoms with van der Waals surface area (Å²) in [7, 11) is 0. The highest BCUT2D eigenvalue weighted by atomic mass is 16.5. The summed E-state index contributed by atoms with van der Waals surface area (Å²) in [6, 6.07) is 15.0. The van der Waals surface area contributed by atoms with E-state index in [1.165, 1.54) is 0 Å². The van der Waals surface area contributed by atoms with Gasteiger partial charge in [0.1, 0.15) is 12.6 Å². The quantitative estimate of drug-likeness (QED) is 0.680. The fourth-order valence-electron chi connectivity index (χ4n) is 4.34. The molecule has 2 aromatic rings. The van der Waals surface area contributed by atoms with Crippen molar-refractivity contribution < 1.29 is 24.2 Å². The smallest absolute Gasteiger partial charge is 0.407 e. The number of likely N-dealkylation sites (N-methyl/N-ethyl adjacent to an activating group) is 1. The number of aliphatic carboxylic acids is 1. The van der Waals surface area contributed by atoms with Crippen molar-refractivity contribution in [3.05, 3.63) is 59.7 Å². The predicted molar refractivity (Wildman–Crippen MR) is 115 cm³/mol. The molecule has 4 rings (SSSR count). The summed E-state index contributed by atoms with van der Waals surface area (Å²) in [5.74, 6) is -1.63. The molecule has 1 unspecified atom stereocenters. The van der Waals surface area contributed by atoms with E-state index in [1.54, 1.807) is 4.90 Å². The maximum Gasteiger partial charge on any atom is 0.407 e. The number of ether oxygens (including phenoxy) is 1. The first-order chi connectivity index (χ1) is 15.0. The van der Waals surface area contributed by atoms with Gasteiger partial charge in [-0.25, -0.2) is 4.79 Å². The molecule has 0 aliphatic heterocycles. The Hall–Kier alpha value is -3.35. The van der Waals surface area contributed by atoms with E-state index >= 15 is 0 Å². The van der Waals surface area contributed by atoms with E-state index in [0.29, 0.717) is 6.54 Å². The van der Waals surface area contributed by atoms with Crippen molar-refractivity contribution in [2.24, 2.45) is 0 Å². The zero-order chi connectivity index (χ0) is 22.0. The monoisotopic (exact) mass is 422 g/mol. The number of benzene rings is 2. The van der Waals surface area contributed by atoms with Gasteiger partial charge in [-0.3, -0.25) is 9.59 Å². The summed E-state index contributed by atoms with van der Waals surface area (Å²) in [5, 5.41) is 11.7. The number of nitrogens with one attached hydrogen (secondary N) is 1. The molecule has 162 valence electrons. The molecule has 7 nitrogen and oxygen atoms in total. The number of amides is 2. The number of carboxylic acids is 1. The number of hydrogen-bond acceptors (Lipinski definition) is 4. The minimum absolute atomic E-state index is 0.105. The summed E-state index contributed by atoms with van der Waals surface area (Å²) in [6.07, 6.45) is 0.550. The second-order valence-electron chi connectivity index (χ2n) is 7.98. The number of carbonyl (C=O) groups excluding carboxylic acids is 2. The fourth-order valence-corrected chi connectivity index (χ4v) is 4.34. The van der Waals surface area contributed by atoms with Crippen molar-refractivity contribution in [2.75, 3.05) is 13.2 Å². The summed E-state index contributed by atoms with van der Waals surface area (Å²) < 4.78 is 5.48. The lowest BCUT2D eigenvalue weighted by Gasteiger charge is -2.26. The van der Waals surface area contributed by atoms with Crippen LogP contribution in [0.2, 0.25) is 0 Å². The Morgan fingerprint density at radius 1 is 1.06 bits per heavy atom. The lowest BCUT2D eigenvalue weighted by molar-refractivity contribution is -0.142. The molecule has 31 heavy (non-hydrogen) atoms. The Morgan fingerprint density at radius 2 is 1.65 bits per heavy atom. The number of rotatable bonds is 8. The normalized spacial score (nSPS) is 15.5. The number of alkyl carbamates (subject to hydrolysis) is 1. The van der Waals surface area contributed by atoms with Crippen molar-refractivity contribution in [3.63, 3.8) is 0 Å². The van der Waals surface area contributed by atoms with Gasteiger partial charge in [0.2, 0.25) is 5.91 Å². The van der Waals surface area contributed by atoms with Gasteiger partial charge in [-0.2, -0.15) is 0 Å². The number of nitrogens with zero attached hydrogens (tertiary/aromatic N) is 1. The van der Waals surface area contributed by atoms with Crippen LogP contribution >= 0.6 is 0 Å². The Kier molecular flexibility index (Phi) is 5.93. The van der Waals surface area contributed by atoms with Crippen LogP contribution < -0.4 is 5.32 Å². The van der Waals surface area contributed by atoms with E-state index in [-0.39, 0.29) is 24.5 Å². The van der Waals surface area contributed by atoms with E-state index in [9.17, 15) is 19.5 Å². The number of carboxylic acid groups (broad SMARTS) is 1. The van der Waals surface area contributed by atoms with Crippen molar-refractivity contribution in [2.45, 2.75) is 44.2 Å². The van der Waals surface area contributed by atoms with Crippen molar-refractivity contribution in [1.29, 1.82) is 0 Å². The Morgan fingerprint density at radius 3 is 2.16 bits per heavy atom. The van der Waals surface area contributed by atoms with Gasteiger partial charge in [0, 0.05) is 18.5 Å². The number of fused-ring (bicyclic) bond motifs is 3. The standard InChI is InChI=1S/C24H26N2O5/c1-2-26(15-11-12-15)23(29)21(13-22(27)28)25-24(30)31-14-20-18-9-5-3-7-16(18)17-8-4-6-10-19(17)20/h3-10,15,20-21H,2,11-14H2,1H3,(H,25,30)(H,27,28).